The molecule has 1 aliphatic rings. The van der Waals surface area contributed by atoms with Crippen molar-refractivity contribution >= 4 is 26.5 Å². The van der Waals surface area contributed by atoms with Crippen LogP contribution in [0.2, 0.25) is 0 Å². The molecule has 170 valence electrons. The van der Waals surface area contributed by atoms with Gasteiger partial charge in [0, 0.05) is 25.0 Å². The molecule has 1 fully saturated rings. The van der Waals surface area contributed by atoms with Gasteiger partial charge in [-0.05, 0) is 30.9 Å². The summed E-state index contributed by atoms with van der Waals surface area (Å²) >= 11 is 1.33. The first kappa shape index (κ1) is 22.9. The van der Waals surface area contributed by atoms with Gasteiger partial charge in [0.2, 0.25) is 10.0 Å². The third kappa shape index (κ3) is 6.16. The Morgan fingerprint density at radius 2 is 1.66 bits per heavy atom. The van der Waals surface area contributed by atoms with Crippen molar-refractivity contribution in [1.82, 2.24) is 9.88 Å². The molecule has 1 aliphatic heterocycles. The Balaban J connectivity index is 1.34. The van der Waals surface area contributed by atoms with Crippen molar-refractivity contribution in [1.29, 1.82) is 0 Å². The van der Waals surface area contributed by atoms with Crippen LogP contribution in [0.5, 0.6) is 0 Å². The van der Waals surface area contributed by atoms with Crippen LogP contribution in [0.25, 0.3) is 0 Å². The van der Waals surface area contributed by atoms with E-state index in [-0.39, 0.29) is 18.0 Å². The summed E-state index contributed by atoms with van der Waals surface area (Å²) in [4.78, 5) is 6.79. The van der Waals surface area contributed by atoms with Crippen molar-refractivity contribution < 1.29 is 13.2 Å². The molecule has 0 saturated carbocycles. The molecule has 1 aromatic heterocycles. The summed E-state index contributed by atoms with van der Waals surface area (Å²) < 4.78 is 32.6. The number of hydrogen-bond acceptors (Lipinski definition) is 6. The number of nitrogens with zero attached hydrogens (tertiary/aromatic N) is 2. The number of anilines is 1. The first-order chi connectivity index (χ1) is 15.5. The first-order valence-corrected chi connectivity index (χ1v) is 13.5. The molecule has 0 aliphatic carbocycles. The van der Waals surface area contributed by atoms with E-state index in [1.165, 1.54) is 22.5 Å². The van der Waals surface area contributed by atoms with Crippen molar-refractivity contribution in [3.05, 3.63) is 82.9 Å². The molecule has 6 nitrogen and oxygen atoms in total. The minimum absolute atomic E-state index is 0.0440. The molecule has 1 N–H and O–H groups in total. The van der Waals surface area contributed by atoms with Crippen LogP contribution in [0, 0.1) is 0 Å². The quantitative estimate of drug-likeness (QED) is 0.491. The second-order valence-electron chi connectivity index (χ2n) is 7.96. The molecule has 0 bridgehead atoms. The first-order valence-electron chi connectivity index (χ1n) is 10.9. The number of ether oxygens (including phenoxy) is 1. The average molecular weight is 472 g/mol. The highest BCUT2D eigenvalue weighted by atomic mass is 32.2. The van der Waals surface area contributed by atoms with Crippen LogP contribution in [-0.4, -0.2) is 43.2 Å². The van der Waals surface area contributed by atoms with E-state index in [4.69, 9.17) is 4.74 Å². The van der Waals surface area contributed by atoms with Gasteiger partial charge in [-0.1, -0.05) is 60.7 Å². The van der Waals surface area contributed by atoms with E-state index in [2.05, 4.69) is 63.1 Å². The molecule has 2 aromatic carbocycles. The lowest BCUT2D eigenvalue weighted by Gasteiger charge is -2.34. The third-order valence-corrected chi connectivity index (χ3v) is 7.83. The fourth-order valence-corrected chi connectivity index (χ4v) is 5.44. The number of aromatic nitrogens is 1. The molecule has 1 saturated heterocycles. The number of thiazole rings is 1. The maximum Gasteiger partial charge on any atom is 0.234 e. The summed E-state index contributed by atoms with van der Waals surface area (Å²) in [5.41, 5.74) is 3.24. The second kappa shape index (κ2) is 10.6. The summed E-state index contributed by atoms with van der Waals surface area (Å²) in [6.07, 6.45) is 2.03. The summed E-state index contributed by atoms with van der Waals surface area (Å²) in [5.74, 6) is 0.0440. The molecule has 3 aromatic rings. The maximum atomic E-state index is 11.7. The van der Waals surface area contributed by atoms with Crippen LogP contribution in [0.15, 0.2) is 66.0 Å². The zero-order valence-corrected chi connectivity index (χ0v) is 19.8. The Bertz CT molecular complexity index is 1040. The van der Waals surface area contributed by atoms with Gasteiger partial charge in [-0.3, -0.25) is 9.62 Å². The molecule has 32 heavy (non-hydrogen) atoms. The highest BCUT2D eigenvalue weighted by molar-refractivity contribution is 7.92. The zero-order chi connectivity index (χ0) is 22.4. The van der Waals surface area contributed by atoms with Crippen molar-refractivity contribution in [2.75, 3.05) is 23.6 Å². The number of sulfonamides is 1. The van der Waals surface area contributed by atoms with E-state index in [9.17, 15) is 8.42 Å². The molecule has 8 heteroatoms. The molecule has 4 rings (SSSR count). The number of piperidine rings is 1. The van der Waals surface area contributed by atoms with Crippen LogP contribution < -0.4 is 4.72 Å². The van der Waals surface area contributed by atoms with Crippen LogP contribution in [-0.2, 0) is 21.3 Å². The monoisotopic (exact) mass is 471 g/mol. The predicted octanol–water partition coefficient (Wildman–Crippen LogP) is 4.68. The lowest BCUT2D eigenvalue weighted by atomic mass is 10.00. The largest absolute Gasteiger partial charge is 0.365 e. The summed E-state index contributed by atoms with van der Waals surface area (Å²) in [6, 6.07) is 20.8. The fraction of sp³-hybridized carbons (Fsp3) is 0.375. The number of rotatable bonds is 9. The Kier molecular flexibility index (Phi) is 7.57. The SMILES string of the molecule is CCS(=O)(=O)Nc1nc(CN2CCC(OC(c3ccccc3)c3ccccc3)CC2)cs1. The Morgan fingerprint density at radius 3 is 2.22 bits per heavy atom. The number of likely N-dealkylation sites (tertiary alicyclic amines) is 1. The second-order valence-corrected chi connectivity index (χ2v) is 10.8. The standard InChI is InChI=1S/C24H29N3O3S2/c1-2-32(28,29)26-24-25-21(18-31-24)17-27-15-13-22(14-16-27)30-23(19-9-5-3-6-10-19)20-11-7-4-8-12-20/h3-12,18,22-23H,2,13-17H2,1H3,(H,25,26). The van der Waals surface area contributed by atoms with Crippen molar-refractivity contribution in [3.8, 4) is 0 Å². The van der Waals surface area contributed by atoms with E-state index < -0.39 is 10.0 Å². The van der Waals surface area contributed by atoms with Crippen LogP contribution in [0.3, 0.4) is 0 Å². The van der Waals surface area contributed by atoms with E-state index in [0.29, 0.717) is 5.13 Å². The number of nitrogens with one attached hydrogen (secondary N) is 1. The lowest BCUT2D eigenvalue weighted by Crippen LogP contribution is -2.37. The lowest BCUT2D eigenvalue weighted by molar-refractivity contribution is -0.0282. The maximum absolute atomic E-state index is 11.7. The summed E-state index contributed by atoms with van der Waals surface area (Å²) in [7, 11) is -3.29. The fourth-order valence-electron chi connectivity index (χ4n) is 3.86. The molecule has 2 heterocycles. The molecule has 0 amide bonds. The molecule has 0 spiro atoms. The van der Waals surface area contributed by atoms with Crippen LogP contribution in [0.1, 0.15) is 42.7 Å². The van der Waals surface area contributed by atoms with Gasteiger partial charge in [0.15, 0.2) is 5.13 Å². The third-order valence-electron chi connectivity index (χ3n) is 5.63. The van der Waals surface area contributed by atoms with Gasteiger partial charge in [0.25, 0.3) is 0 Å². The van der Waals surface area contributed by atoms with Gasteiger partial charge in [-0.15, -0.1) is 11.3 Å². The Labute approximate surface area is 194 Å². The van der Waals surface area contributed by atoms with E-state index in [0.717, 1.165) is 38.2 Å². The molecule has 0 atom stereocenters. The molecule has 0 radical (unpaired) electrons. The highest BCUT2D eigenvalue weighted by Crippen LogP contribution is 2.30. The van der Waals surface area contributed by atoms with E-state index in [1.807, 2.05) is 17.5 Å². The number of hydrogen-bond donors (Lipinski definition) is 1. The van der Waals surface area contributed by atoms with E-state index >= 15 is 0 Å². The van der Waals surface area contributed by atoms with Crippen molar-refractivity contribution in [2.45, 2.75) is 38.5 Å². The van der Waals surface area contributed by atoms with Gasteiger partial charge in [0.1, 0.15) is 6.10 Å². The van der Waals surface area contributed by atoms with Gasteiger partial charge in [-0.25, -0.2) is 13.4 Å². The van der Waals surface area contributed by atoms with Gasteiger partial charge >= 0.3 is 0 Å². The summed E-state index contributed by atoms with van der Waals surface area (Å²) in [6.45, 7) is 4.18. The number of benzene rings is 2. The zero-order valence-electron chi connectivity index (χ0n) is 18.2. The topological polar surface area (TPSA) is 71.5 Å². The Morgan fingerprint density at radius 1 is 1.06 bits per heavy atom. The Hall–Kier alpha value is -2.26. The molecular formula is C24H29N3O3S2. The summed E-state index contributed by atoms with van der Waals surface area (Å²) in [5, 5.41) is 2.37. The van der Waals surface area contributed by atoms with Crippen LogP contribution >= 0.6 is 11.3 Å². The average Bonchev–Trinajstić information content (AvgIpc) is 3.25. The van der Waals surface area contributed by atoms with Crippen molar-refractivity contribution in [3.63, 3.8) is 0 Å². The normalized spacial score (nSPS) is 15.8. The van der Waals surface area contributed by atoms with E-state index in [1.54, 1.807) is 6.92 Å². The van der Waals surface area contributed by atoms with Crippen molar-refractivity contribution in [2.24, 2.45) is 0 Å². The molecular weight excluding hydrogens is 442 g/mol. The highest BCUT2D eigenvalue weighted by Gasteiger charge is 2.25. The minimum Gasteiger partial charge on any atom is -0.365 e. The van der Waals surface area contributed by atoms with Gasteiger partial charge in [0.05, 0.1) is 17.6 Å². The predicted molar refractivity (Wildman–Crippen MR) is 129 cm³/mol. The molecule has 0 unspecified atom stereocenters. The van der Waals surface area contributed by atoms with Gasteiger partial charge < -0.3 is 4.74 Å². The van der Waals surface area contributed by atoms with Gasteiger partial charge in [-0.2, -0.15) is 0 Å². The smallest absolute Gasteiger partial charge is 0.234 e. The van der Waals surface area contributed by atoms with Crippen LogP contribution in [0.4, 0.5) is 5.13 Å². The minimum atomic E-state index is -3.29.